The molecule has 3 aliphatic rings. The summed E-state index contributed by atoms with van der Waals surface area (Å²) in [7, 11) is -2.67. The number of benzene rings is 1. The van der Waals surface area contributed by atoms with Gasteiger partial charge in [-0.1, -0.05) is 6.07 Å². The lowest BCUT2D eigenvalue weighted by Gasteiger charge is -2.37. The molecule has 0 atom stereocenters. The summed E-state index contributed by atoms with van der Waals surface area (Å²) in [5.41, 5.74) is -1.03. The average Bonchev–Trinajstić information content (AvgIpc) is 3.11. The highest BCUT2D eigenvalue weighted by Gasteiger charge is 2.65. The lowest BCUT2D eigenvalue weighted by molar-refractivity contribution is -0.150. The van der Waals surface area contributed by atoms with E-state index in [0.29, 0.717) is 23.7 Å². The van der Waals surface area contributed by atoms with Crippen molar-refractivity contribution in [2.45, 2.75) is 23.3 Å². The standard InChI is InChI=1S/C16H16N2O5S/c1-23-12-5-4-11-3-2-6-17-13(11)14(12)24(21,22)18-9-10-7-16(18,8-10)15(19)20/h2-6,10H,7-9H2,1H3,(H,19,20). The Kier molecular flexibility index (Phi) is 3.14. The molecule has 2 aliphatic heterocycles. The Morgan fingerprint density at radius 1 is 1.38 bits per heavy atom. The van der Waals surface area contributed by atoms with E-state index in [1.54, 1.807) is 24.3 Å². The largest absolute Gasteiger partial charge is 0.495 e. The van der Waals surface area contributed by atoms with Gasteiger partial charge in [0, 0.05) is 18.1 Å². The summed E-state index contributed by atoms with van der Waals surface area (Å²) < 4.78 is 33.0. The number of nitrogens with zero attached hydrogens (tertiary/aromatic N) is 2. The molecule has 1 aromatic carbocycles. The number of aromatic nitrogens is 1. The minimum absolute atomic E-state index is 0.0590. The van der Waals surface area contributed by atoms with E-state index >= 15 is 0 Å². The van der Waals surface area contributed by atoms with Crippen LogP contribution in [0.4, 0.5) is 0 Å². The second-order valence-electron chi connectivity index (χ2n) is 6.32. The van der Waals surface area contributed by atoms with Gasteiger partial charge in [-0.2, -0.15) is 4.31 Å². The van der Waals surface area contributed by atoms with Crippen LogP contribution in [0.25, 0.3) is 10.9 Å². The molecular weight excluding hydrogens is 332 g/mol. The Labute approximate surface area is 138 Å². The van der Waals surface area contributed by atoms with Crippen molar-refractivity contribution < 1.29 is 23.1 Å². The van der Waals surface area contributed by atoms with E-state index in [0.717, 1.165) is 4.31 Å². The minimum atomic E-state index is -4.05. The van der Waals surface area contributed by atoms with Crippen LogP contribution in [0.3, 0.4) is 0 Å². The Balaban J connectivity index is 1.95. The highest BCUT2D eigenvalue weighted by molar-refractivity contribution is 7.89. The molecule has 3 fully saturated rings. The van der Waals surface area contributed by atoms with E-state index in [2.05, 4.69) is 4.98 Å². The van der Waals surface area contributed by atoms with Crippen LogP contribution in [-0.2, 0) is 14.8 Å². The summed E-state index contributed by atoms with van der Waals surface area (Å²) in [5.74, 6) is -0.817. The van der Waals surface area contributed by atoms with Crippen LogP contribution in [0.1, 0.15) is 12.8 Å². The van der Waals surface area contributed by atoms with Crippen molar-refractivity contribution >= 4 is 26.9 Å². The molecule has 0 spiro atoms. The van der Waals surface area contributed by atoms with Crippen LogP contribution in [-0.4, -0.2) is 48.0 Å². The molecule has 7 nitrogen and oxygen atoms in total. The number of aliphatic carboxylic acids is 1. The van der Waals surface area contributed by atoms with Crippen LogP contribution in [0.15, 0.2) is 35.4 Å². The number of hydrogen-bond donors (Lipinski definition) is 1. The molecule has 3 heterocycles. The molecule has 2 bridgehead atoms. The van der Waals surface area contributed by atoms with Crippen molar-refractivity contribution in [3.63, 3.8) is 0 Å². The molecule has 8 heteroatoms. The fourth-order valence-electron chi connectivity index (χ4n) is 3.87. The summed E-state index contributed by atoms with van der Waals surface area (Å²) in [6, 6.07) is 6.79. The first kappa shape index (κ1) is 15.3. The molecule has 1 saturated carbocycles. The number of methoxy groups -OCH3 is 1. The van der Waals surface area contributed by atoms with E-state index in [1.165, 1.54) is 13.3 Å². The Hall–Kier alpha value is -2.19. The van der Waals surface area contributed by atoms with Crippen molar-refractivity contribution in [2.24, 2.45) is 5.92 Å². The maximum Gasteiger partial charge on any atom is 0.325 e. The van der Waals surface area contributed by atoms with Crippen molar-refractivity contribution in [1.29, 1.82) is 0 Å². The van der Waals surface area contributed by atoms with Gasteiger partial charge in [0.2, 0.25) is 10.0 Å². The molecule has 5 rings (SSSR count). The van der Waals surface area contributed by atoms with Gasteiger partial charge >= 0.3 is 5.97 Å². The van der Waals surface area contributed by atoms with Gasteiger partial charge in [-0.3, -0.25) is 9.78 Å². The average molecular weight is 348 g/mol. The maximum absolute atomic E-state index is 13.3. The van der Waals surface area contributed by atoms with Crippen LogP contribution in [0.2, 0.25) is 0 Å². The summed E-state index contributed by atoms with van der Waals surface area (Å²) in [6.07, 6.45) is 2.24. The van der Waals surface area contributed by atoms with E-state index in [4.69, 9.17) is 4.74 Å². The lowest BCUT2D eigenvalue weighted by Crippen LogP contribution is -2.54. The maximum atomic E-state index is 13.3. The summed E-state index contributed by atoms with van der Waals surface area (Å²) >= 11 is 0. The molecule has 1 aromatic heterocycles. The summed E-state index contributed by atoms with van der Waals surface area (Å²) in [5, 5.41) is 10.2. The third-order valence-electron chi connectivity index (χ3n) is 5.01. The molecule has 0 unspecified atom stereocenters. The van der Waals surface area contributed by atoms with Crippen LogP contribution >= 0.6 is 0 Å². The predicted octanol–water partition coefficient (Wildman–Crippen LogP) is 1.48. The van der Waals surface area contributed by atoms with Crippen molar-refractivity contribution in [1.82, 2.24) is 9.29 Å². The predicted molar refractivity (Wildman–Crippen MR) is 85.3 cm³/mol. The number of carbonyl (C=O) groups is 1. The van der Waals surface area contributed by atoms with Gasteiger partial charge in [-0.25, -0.2) is 8.42 Å². The molecule has 0 radical (unpaired) electrons. The monoisotopic (exact) mass is 348 g/mol. The second kappa shape index (κ2) is 4.90. The smallest absolute Gasteiger partial charge is 0.325 e. The molecule has 0 amide bonds. The minimum Gasteiger partial charge on any atom is -0.495 e. The van der Waals surface area contributed by atoms with Gasteiger partial charge < -0.3 is 9.84 Å². The molecule has 1 aliphatic carbocycles. The van der Waals surface area contributed by atoms with Gasteiger partial charge in [0.05, 0.1) is 12.6 Å². The fourth-order valence-corrected chi connectivity index (χ4v) is 6.00. The van der Waals surface area contributed by atoms with Gasteiger partial charge in [-0.05, 0) is 37.0 Å². The van der Waals surface area contributed by atoms with Crippen molar-refractivity contribution in [2.75, 3.05) is 13.7 Å². The topological polar surface area (TPSA) is 96.8 Å². The highest BCUT2D eigenvalue weighted by atomic mass is 32.2. The number of ether oxygens (including phenoxy) is 1. The number of hydrogen-bond acceptors (Lipinski definition) is 5. The number of carboxylic acids is 1. The summed E-state index contributed by atoms with van der Waals surface area (Å²) in [4.78, 5) is 15.9. The zero-order chi connectivity index (χ0) is 17.1. The molecule has 2 saturated heterocycles. The van der Waals surface area contributed by atoms with Crippen LogP contribution in [0, 0.1) is 5.92 Å². The highest BCUT2D eigenvalue weighted by Crippen LogP contribution is 2.53. The number of carboxylic acid groups (broad SMARTS) is 1. The normalized spacial score (nSPS) is 26.3. The van der Waals surface area contributed by atoms with Crippen LogP contribution in [0.5, 0.6) is 5.75 Å². The number of fused-ring (bicyclic) bond motifs is 2. The van der Waals surface area contributed by atoms with Crippen molar-refractivity contribution in [3.8, 4) is 5.75 Å². The Bertz CT molecular complexity index is 950. The van der Waals surface area contributed by atoms with E-state index in [-0.39, 0.29) is 23.1 Å². The first-order valence-corrected chi connectivity index (χ1v) is 9.02. The molecule has 24 heavy (non-hydrogen) atoms. The number of pyridine rings is 1. The van der Waals surface area contributed by atoms with E-state index < -0.39 is 21.5 Å². The van der Waals surface area contributed by atoms with E-state index in [1.807, 2.05) is 0 Å². The van der Waals surface area contributed by atoms with Gasteiger partial charge in [0.1, 0.15) is 11.3 Å². The Morgan fingerprint density at radius 3 is 2.79 bits per heavy atom. The second-order valence-corrected chi connectivity index (χ2v) is 8.12. The molecule has 126 valence electrons. The number of rotatable bonds is 4. The zero-order valence-electron chi connectivity index (χ0n) is 13.0. The zero-order valence-corrected chi connectivity index (χ0v) is 13.8. The lowest BCUT2D eigenvalue weighted by atomic mass is 9.74. The first-order valence-electron chi connectivity index (χ1n) is 7.58. The van der Waals surface area contributed by atoms with Gasteiger partial charge in [0.15, 0.2) is 4.90 Å². The Morgan fingerprint density at radius 2 is 2.12 bits per heavy atom. The van der Waals surface area contributed by atoms with E-state index in [9.17, 15) is 18.3 Å². The molecular formula is C16H16N2O5S. The molecule has 1 N–H and O–H groups in total. The SMILES string of the molecule is COc1ccc2cccnc2c1S(=O)(=O)N1CC2CC1(C(=O)O)C2. The molecule has 2 aromatic rings. The third kappa shape index (κ3) is 1.83. The first-order chi connectivity index (χ1) is 11.4. The fraction of sp³-hybridized carbons (Fsp3) is 0.375. The van der Waals surface area contributed by atoms with Crippen LogP contribution < -0.4 is 4.74 Å². The van der Waals surface area contributed by atoms with Crippen molar-refractivity contribution in [3.05, 3.63) is 30.5 Å². The third-order valence-corrected chi connectivity index (χ3v) is 7.00. The quantitative estimate of drug-likeness (QED) is 0.899. The number of sulfonamides is 1. The summed E-state index contributed by atoms with van der Waals surface area (Å²) in [6.45, 7) is 0.223. The van der Waals surface area contributed by atoms with Gasteiger partial charge in [-0.15, -0.1) is 0 Å². The van der Waals surface area contributed by atoms with Gasteiger partial charge in [0.25, 0.3) is 0 Å².